The van der Waals surface area contributed by atoms with E-state index in [4.69, 9.17) is 14.8 Å². The molecule has 4 N–H and O–H groups in total. The van der Waals surface area contributed by atoms with Crippen LogP contribution in [0, 0.1) is 17.8 Å². The lowest BCUT2D eigenvalue weighted by molar-refractivity contribution is -0.149. The van der Waals surface area contributed by atoms with Crippen molar-refractivity contribution in [2.45, 2.75) is 80.2 Å². The first-order chi connectivity index (χ1) is 14.5. The predicted octanol–water partition coefficient (Wildman–Crippen LogP) is 2.50. The highest BCUT2D eigenvalue weighted by molar-refractivity contribution is 7.85. The van der Waals surface area contributed by atoms with Crippen molar-refractivity contribution in [1.29, 1.82) is 0 Å². The van der Waals surface area contributed by atoms with Crippen LogP contribution in [0.4, 0.5) is 0 Å². The highest BCUT2D eigenvalue weighted by Gasteiger charge is 2.27. The Morgan fingerprint density at radius 2 is 1.38 bits per heavy atom. The lowest BCUT2D eigenvalue weighted by Gasteiger charge is -2.26. The number of carbonyl (C=O) groups is 3. The van der Waals surface area contributed by atoms with Crippen LogP contribution < -0.4 is 5.32 Å². The zero-order valence-corrected chi connectivity index (χ0v) is 21.5. The number of ether oxygens (including phenoxy) is 1. The van der Waals surface area contributed by atoms with Gasteiger partial charge in [-0.15, -0.1) is 0 Å². The zero-order valence-electron chi connectivity index (χ0n) is 20.7. The molecule has 3 unspecified atom stereocenters. The largest absolute Gasteiger partial charge is 0.481 e. The van der Waals surface area contributed by atoms with Gasteiger partial charge in [-0.1, -0.05) is 41.5 Å². The standard InChI is InChI=1S/C9H19NO4S.C7H14O3.C5H10O2/c1-5-7(2)8(11)10-9(3,4)6-15(12,13)14;1-3-6(2)7(9)10-5-4-8;1-3-4(2)5(6)7/h7H,5-6H2,1-4H3,(H,10,11)(H,12,13,14);6,8H,3-5H2,1-2H3;4H,3H2,1-2H3,(H,6,7). The van der Waals surface area contributed by atoms with E-state index in [1.165, 1.54) is 0 Å². The van der Waals surface area contributed by atoms with Gasteiger partial charge in [0.2, 0.25) is 5.91 Å². The maximum absolute atomic E-state index is 11.5. The molecule has 32 heavy (non-hydrogen) atoms. The molecule has 0 aromatic heterocycles. The summed E-state index contributed by atoms with van der Waals surface area (Å²) in [6.45, 7) is 14.1. The Labute approximate surface area is 192 Å². The Hall–Kier alpha value is -1.72. The Morgan fingerprint density at radius 1 is 0.938 bits per heavy atom. The van der Waals surface area contributed by atoms with Gasteiger partial charge in [0.25, 0.3) is 10.1 Å². The fraction of sp³-hybridized carbons (Fsp3) is 0.857. The molecule has 192 valence electrons. The molecule has 1 amide bonds. The Morgan fingerprint density at radius 3 is 1.66 bits per heavy atom. The van der Waals surface area contributed by atoms with Crippen LogP contribution in [0.15, 0.2) is 0 Å². The van der Waals surface area contributed by atoms with Gasteiger partial charge in [0.15, 0.2) is 0 Å². The number of rotatable bonds is 11. The quantitative estimate of drug-likeness (QED) is 0.254. The maximum atomic E-state index is 11.5. The number of aliphatic carboxylic acids is 1. The van der Waals surface area contributed by atoms with Crippen molar-refractivity contribution in [3.63, 3.8) is 0 Å². The molecule has 0 radical (unpaired) electrons. The molecule has 3 atom stereocenters. The SMILES string of the molecule is CCC(C)C(=O)NC(C)(C)CS(=O)(=O)O.CCC(C)C(=O)O.CCC(C)C(=O)OCCO. The lowest BCUT2D eigenvalue weighted by atomic mass is 10.0. The second-order valence-electron chi connectivity index (χ2n) is 8.26. The molecule has 0 spiro atoms. The van der Waals surface area contributed by atoms with Crippen molar-refractivity contribution < 1.29 is 42.3 Å². The summed E-state index contributed by atoms with van der Waals surface area (Å²) in [5.74, 6) is -2.01. The van der Waals surface area contributed by atoms with Crippen molar-refractivity contribution in [2.75, 3.05) is 19.0 Å². The van der Waals surface area contributed by atoms with E-state index < -0.39 is 27.4 Å². The fourth-order valence-corrected chi connectivity index (χ4v) is 2.75. The lowest BCUT2D eigenvalue weighted by Crippen LogP contribution is -2.49. The fourth-order valence-electron chi connectivity index (χ4n) is 1.76. The molecule has 0 aliphatic heterocycles. The van der Waals surface area contributed by atoms with Crippen LogP contribution in [0.25, 0.3) is 0 Å². The summed E-state index contributed by atoms with van der Waals surface area (Å²) >= 11 is 0. The van der Waals surface area contributed by atoms with Crippen LogP contribution in [0.1, 0.15) is 74.7 Å². The minimum Gasteiger partial charge on any atom is -0.481 e. The van der Waals surface area contributed by atoms with E-state index in [9.17, 15) is 22.8 Å². The van der Waals surface area contributed by atoms with Gasteiger partial charge in [0, 0.05) is 5.92 Å². The number of carboxylic acids is 1. The van der Waals surface area contributed by atoms with Gasteiger partial charge in [-0.3, -0.25) is 18.9 Å². The first-order valence-corrected chi connectivity index (χ1v) is 12.4. The molecule has 0 aromatic rings. The molecule has 0 heterocycles. The van der Waals surface area contributed by atoms with Crippen LogP contribution in [0.5, 0.6) is 0 Å². The van der Waals surface area contributed by atoms with Crippen molar-refractivity contribution in [3.8, 4) is 0 Å². The molecule has 0 saturated heterocycles. The normalized spacial score (nSPS) is 13.8. The number of esters is 1. The first-order valence-electron chi connectivity index (χ1n) is 10.7. The summed E-state index contributed by atoms with van der Waals surface area (Å²) in [4.78, 5) is 32.2. The van der Waals surface area contributed by atoms with Crippen LogP contribution >= 0.6 is 0 Å². The Kier molecular flexibility index (Phi) is 19.4. The van der Waals surface area contributed by atoms with Gasteiger partial charge < -0.3 is 20.3 Å². The monoisotopic (exact) mass is 485 g/mol. The van der Waals surface area contributed by atoms with Crippen molar-refractivity contribution in [1.82, 2.24) is 5.32 Å². The number of hydrogen-bond acceptors (Lipinski definition) is 7. The third kappa shape index (κ3) is 21.5. The van der Waals surface area contributed by atoms with E-state index in [2.05, 4.69) is 10.1 Å². The minimum atomic E-state index is -4.07. The molecule has 0 aromatic carbocycles. The van der Waals surface area contributed by atoms with E-state index in [0.29, 0.717) is 6.42 Å². The molecular weight excluding hydrogens is 442 g/mol. The van der Waals surface area contributed by atoms with Crippen LogP contribution in [0.2, 0.25) is 0 Å². The molecular formula is C21H43NO9S. The molecule has 0 aliphatic carbocycles. The molecule has 10 nitrogen and oxygen atoms in total. The first kappa shape index (κ1) is 34.9. The molecule has 0 bridgehead atoms. The third-order valence-electron chi connectivity index (χ3n) is 4.45. The molecule has 0 saturated carbocycles. The average Bonchev–Trinajstić information content (AvgIpc) is 2.68. The van der Waals surface area contributed by atoms with E-state index in [1.807, 2.05) is 20.8 Å². The molecule has 0 fully saturated rings. The van der Waals surface area contributed by atoms with Crippen LogP contribution in [-0.4, -0.2) is 65.5 Å². The van der Waals surface area contributed by atoms with E-state index in [1.54, 1.807) is 34.6 Å². The molecule has 0 aliphatic rings. The van der Waals surface area contributed by atoms with Gasteiger partial charge in [0.1, 0.15) is 6.61 Å². The summed E-state index contributed by atoms with van der Waals surface area (Å²) in [5.41, 5.74) is -0.950. The number of aliphatic hydroxyl groups excluding tert-OH is 1. The summed E-state index contributed by atoms with van der Waals surface area (Å²) in [6, 6.07) is 0. The summed E-state index contributed by atoms with van der Waals surface area (Å²) in [7, 11) is -4.07. The van der Waals surface area contributed by atoms with E-state index in [-0.39, 0.29) is 42.8 Å². The maximum Gasteiger partial charge on any atom is 0.308 e. The highest BCUT2D eigenvalue weighted by Crippen LogP contribution is 2.09. The Bertz CT molecular complexity index is 648. The zero-order chi connectivity index (χ0) is 26.1. The van der Waals surface area contributed by atoms with Gasteiger partial charge in [-0.25, -0.2) is 0 Å². The summed E-state index contributed by atoms with van der Waals surface area (Å²) in [5, 5.41) is 19.1. The summed E-state index contributed by atoms with van der Waals surface area (Å²) in [6.07, 6.45) is 2.19. The van der Waals surface area contributed by atoms with E-state index >= 15 is 0 Å². The smallest absolute Gasteiger partial charge is 0.308 e. The van der Waals surface area contributed by atoms with Crippen molar-refractivity contribution >= 4 is 28.0 Å². The second-order valence-corrected chi connectivity index (χ2v) is 9.71. The van der Waals surface area contributed by atoms with Crippen LogP contribution in [-0.2, 0) is 29.2 Å². The topological polar surface area (TPSA) is 167 Å². The number of amides is 1. The number of aliphatic hydroxyl groups is 1. The summed E-state index contributed by atoms with van der Waals surface area (Å²) < 4.78 is 34.7. The number of hydrogen-bond donors (Lipinski definition) is 4. The number of carbonyl (C=O) groups excluding carboxylic acids is 2. The average molecular weight is 486 g/mol. The minimum absolute atomic E-state index is 0.0495. The van der Waals surface area contributed by atoms with Crippen molar-refractivity contribution in [3.05, 3.63) is 0 Å². The predicted molar refractivity (Wildman–Crippen MR) is 123 cm³/mol. The second kappa shape index (κ2) is 17.8. The number of nitrogens with one attached hydrogen (secondary N) is 1. The highest BCUT2D eigenvalue weighted by atomic mass is 32.2. The molecule has 0 rings (SSSR count). The number of carboxylic acid groups (broad SMARTS) is 1. The van der Waals surface area contributed by atoms with Gasteiger partial charge in [-0.05, 0) is 33.1 Å². The van der Waals surface area contributed by atoms with Gasteiger partial charge in [0.05, 0.1) is 29.7 Å². The Balaban J connectivity index is -0.000000427. The van der Waals surface area contributed by atoms with Crippen molar-refractivity contribution in [2.24, 2.45) is 17.8 Å². The van der Waals surface area contributed by atoms with Gasteiger partial charge in [-0.2, -0.15) is 8.42 Å². The molecule has 11 heteroatoms. The van der Waals surface area contributed by atoms with Crippen LogP contribution in [0.3, 0.4) is 0 Å². The van der Waals surface area contributed by atoms with E-state index in [0.717, 1.165) is 12.8 Å². The third-order valence-corrected chi connectivity index (χ3v) is 5.54. The van der Waals surface area contributed by atoms with Gasteiger partial charge >= 0.3 is 11.9 Å².